The molecule has 4 rings (SSSR count). The number of hydrogen-bond donors (Lipinski definition) is 2. The van der Waals surface area contributed by atoms with Gasteiger partial charge in [0.2, 0.25) is 5.91 Å². The van der Waals surface area contributed by atoms with E-state index in [9.17, 15) is 19.5 Å². The Morgan fingerprint density at radius 3 is 2.29 bits per heavy atom. The first-order valence-corrected chi connectivity index (χ1v) is 11.2. The number of carbonyl (C=O) groups excluding carboxylic acids is 2. The Hall–Kier alpha value is -3.00. The SMILES string of the molecule is CC(=O)NCS[C@@H]1C[C@@H](C(=O)O)N(C(=O)OCC2c3ccccc3-c3ccccc32)C1. The zero-order valence-electron chi connectivity index (χ0n) is 17.1. The molecule has 162 valence electrons. The molecule has 1 heterocycles. The fourth-order valence-corrected chi connectivity index (χ4v) is 5.40. The molecule has 0 radical (unpaired) electrons. The molecule has 2 N–H and O–H groups in total. The van der Waals surface area contributed by atoms with E-state index in [4.69, 9.17) is 4.74 Å². The molecule has 1 aliphatic heterocycles. The van der Waals surface area contributed by atoms with Crippen LogP contribution in [0.1, 0.15) is 30.4 Å². The largest absolute Gasteiger partial charge is 0.480 e. The van der Waals surface area contributed by atoms with Crippen molar-refractivity contribution in [3.63, 3.8) is 0 Å². The number of carboxylic acids is 1. The number of ether oxygens (including phenoxy) is 1. The zero-order valence-corrected chi connectivity index (χ0v) is 17.9. The molecule has 0 unspecified atom stereocenters. The lowest BCUT2D eigenvalue weighted by Gasteiger charge is -2.22. The summed E-state index contributed by atoms with van der Waals surface area (Å²) >= 11 is 1.43. The summed E-state index contributed by atoms with van der Waals surface area (Å²) in [5.74, 6) is -0.887. The number of nitrogens with one attached hydrogen (secondary N) is 1. The van der Waals surface area contributed by atoms with E-state index in [0.717, 1.165) is 22.3 Å². The molecule has 0 spiro atoms. The molecular weight excluding hydrogens is 416 g/mol. The van der Waals surface area contributed by atoms with Gasteiger partial charge in [-0.1, -0.05) is 48.5 Å². The molecule has 2 aromatic carbocycles. The molecule has 1 saturated heterocycles. The molecule has 1 fully saturated rings. The summed E-state index contributed by atoms with van der Waals surface area (Å²) < 4.78 is 5.64. The maximum absolute atomic E-state index is 12.8. The van der Waals surface area contributed by atoms with Gasteiger partial charge in [-0.15, -0.1) is 11.8 Å². The fourth-order valence-electron chi connectivity index (χ4n) is 4.29. The van der Waals surface area contributed by atoms with Crippen LogP contribution < -0.4 is 5.32 Å². The number of carboxylic acid groups (broad SMARTS) is 1. The maximum atomic E-state index is 12.8. The Bertz CT molecular complexity index is 965. The van der Waals surface area contributed by atoms with Crippen LogP contribution in [0.3, 0.4) is 0 Å². The van der Waals surface area contributed by atoms with Gasteiger partial charge < -0.3 is 15.2 Å². The Morgan fingerprint density at radius 1 is 1.10 bits per heavy atom. The van der Waals surface area contributed by atoms with E-state index < -0.39 is 18.1 Å². The van der Waals surface area contributed by atoms with Crippen molar-refractivity contribution in [1.82, 2.24) is 10.2 Å². The van der Waals surface area contributed by atoms with Gasteiger partial charge >= 0.3 is 12.1 Å². The lowest BCUT2D eigenvalue weighted by Crippen LogP contribution is -2.41. The predicted molar refractivity (Wildman–Crippen MR) is 118 cm³/mol. The van der Waals surface area contributed by atoms with Crippen molar-refractivity contribution in [3.8, 4) is 11.1 Å². The molecule has 2 amide bonds. The van der Waals surface area contributed by atoms with E-state index >= 15 is 0 Å². The van der Waals surface area contributed by atoms with Crippen molar-refractivity contribution in [1.29, 1.82) is 0 Å². The van der Waals surface area contributed by atoms with Crippen molar-refractivity contribution in [2.75, 3.05) is 19.0 Å². The van der Waals surface area contributed by atoms with E-state index in [-0.39, 0.29) is 30.2 Å². The summed E-state index contributed by atoms with van der Waals surface area (Å²) in [5.41, 5.74) is 4.49. The first kappa shape index (κ1) is 21.2. The summed E-state index contributed by atoms with van der Waals surface area (Å²) in [6.45, 7) is 1.86. The zero-order chi connectivity index (χ0) is 22.0. The van der Waals surface area contributed by atoms with Gasteiger partial charge in [-0.3, -0.25) is 9.69 Å². The van der Waals surface area contributed by atoms with Crippen molar-refractivity contribution in [3.05, 3.63) is 59.7 Å². The van der Waals surface area contributed by atoms with Crippen molar-refractivity contribution >= 4 is 29.7 Å². The van der Waals surface area contributed by atoms with Crippen LogP contribution in [0.2, 0.25) is 0 Å². The third kappa shape index (κ3) is 4.39. The van der Waals surface area contributed by atoms with Gasteiger partial charge in [0.05, 0.1) is 5.88 Å². The monoisotopic (exact) mass is 440 g/mol. The molecule has 0 aromatic heterocycles. The Balaban J connectivity index is 1.43. The van der Waals surface area contributed by atoms with E-state index in [0.29, 0.717) is 12.3 Å². The highest BCUT2D eigenvalue weighted by molar-refractivity contribution is 7.99. The second-order valence-electron chi connectivity index (χ2n) is 7.71. The van der Waals surface area contributed by atoms with Crippen molar-refractivity contribution in [2.24, 2.45) is 0 Å². The molecule has 7 nitrogen and oxygen atoms in total. The van der Waals surface area contributed by atoms with Gasteiger partial charge in [0.25, 0.3) is 0 Å². The molecule has 1 aliphatic carbocycles. The number of likely N-dealkylation sites (tertiary alicyclic amines) is 1. The van der Waals surface area contributed by atoms with Crippen molar-refractivity contribution < 1.29 is 24.2 Å². The van der Waals surface area contributed by atoms with Crippen LogP contribution in [0.4, 0.5) is 4.79 Å². The lowest BCUT2D eigenvalue weighted by atomic mass is 9.98. The minimum Gasteiger partial charge on any atom is -0.480 e. The molecule has 2 aliphatic rings. The number of benzene rings is 2. The maximum Gasteiger partial charge on any atom is 0.410 e. The molecule has 2 aromatic rings. The minimum atomic E-state index is -1.05. The summed E-state index contributed by atoms with van der Waals surface area (Å²) in [6.07, 6.45) is -0.291. The highest BCUT2D eigenvalue weighted by Gasteiger charge is 2.41. The first-order chi connectivity index (χ1) is 15.0. The van der Waals surface area contributed by atoms with E-state index in [1.54, 1.807) is 0 Å². The second-order valence-corrected chi connectivity index (χ2v) is 9.00. The average Bonchev–Trinajstić information content (AvgIpc) is 3.32. The molecule has 31 heavy (non-hydrogen) atoms. The van der Waals surface area contributed by atoms with Crippen LogP contribution in [0.15, 0.2) is 48.5 Å². The predicted octanol–water partition coefficient (Wildman–Crippen LogP) is 3.29. The van der Waals surface area contributed by atoms with E-state index in [1.165, 1.54) is 23.6 Å². The molecule has 2 atom stereocenters. The summed E-state index contributed by atoms with van der Waals surface area (Å²) in [6, 6.07) is 15.2. The standard InChI is InChI=1S/C23H24N2O5S/c1-14(26)24-13-31-15-10-21(22(27)28)25(11-15)23(29)30-12-20-18-8-4-2-6-16(18)17-7-3-5-9-19(17)20/h2-9,15,20-21H,10-13H2,1H3,(H,24,26)(H,27,28)/t15-,21+/m1/s1. The van der Waals surface area contributed by atoms with Crippen LogP contribution in [0, 0.1) is 0 Å². The third-order valence-electron chi connectivity index (χ3n) is 5.76. The highest BCUT2D eigenvalue weighted by Crippen LogP contribution is 2.44. The lowest BCUT2D eigenvalue weighted by molar-refractivity contribution is -0.141. The van der Waals surface area contributed by atoms with Crippen LogP contribution in [0.5, 0.6) is 0 Å². The van der Waals surface area contributed by atoms with Crippen LogP contribution in [-0.2, 0) is 14.3 Å². The van der Waals surface area contributed by atoms with E-state index in [1.807, 2.05) is 36.4 Å². The van der Waals surface area contributed by atoms with Crippen LogP contribution in [0.25, 0.3) is 11.1 Å². The van der Waals surface area contributed by atoms with Crippen molar-refractivity contribution in [2.45, 2.75) is 30.6 Å². The summed E-state index contributed by atoms with van der Waals surface area (Å²) in [7, 11) is 0. The normalized spacial score (nSPS) is 19.6. The Kier molecular flexibility index (Phi) is 6.18. The fraction of sp³-hybridized carbons (Fsp3) is 0.348. The Morgan fingerprint density at radius 2 is 1.71 bits per heavy atom. The smallest absolute Gasteiger partial charge is 0.410 e. The number of hydrogen-bond acceptors (Lipinski definition) is 5. The van der Waals surface area contributed by atoms with Gasteiger partial charge in [0.15, 0.2) is 0 Å². The van der Waals surface area contributed by atoms with E-state index in [2.05, 4.69) is 17.4 Å². The van der Waals surface area contributed by atoms with Gasteiger partial charge in [0.1, 0.15) is 12.6 Å². The molecule has 0 saturated carbocycles. The van der Waals surface area contributed by atoms with Gasteiger partial charge in [-0.2, -0.15) is 0 Å². The Labute approximate surface area is 184 Å². The minimum absolute atomic E-state index is 0.0755. The number of carbonyl (C=O) groups is 3. The number of rotatable bonds is 6. The highest BCUT2D eigenvalue weighted by atomic mass is 32.2. The summed E-state index contributed by atoms with van der Waals surface area (Å²) in [4.78, 5) is 36.9. The second kappa shape index (κ2) is 9.01. The number of amides is 2. The third-order valence-corrected chi connectivity index (χ3v) is 6.88. The van der Waals surface area contributed by atoms with Crippen LogP contribution in [-0.4, -0.2) is 58.3 Å². The number of aliphatic carboxylic acids is 1. The average molecular weight is 441 g/mol. The quantitative estimate of drug-likeness (QED) is 0.670. The van der Waals surface area contributed by atoms with Gasteiger partial charge in [0, 0.05) is 24.6 Å². The molecular formula is C23H24N2O5S. The van der Waals surface area contributed by atoms with Gasteiger partial charge in [-0.25, -0.2) is 9.59 Å². The number of nitrogens with zero attached hydrogens (tertiary/aromatic N) is 1. The number of thioether (sulfide) groups is 1. The summed E-state index contributed by atoms with van der Waals surface area (Å²) in [5, 5.41) is 12.2. The van der Waals surface area contributed by atoms with Gasteiger partial charge in [-0.05, 0) is 28.7 Å². The number of fused-ring (bicyclic) bond motifs is 3. The molecule has 0 bridgehead atoms. The topological polar surface area (TPSA) is 95.9 Å². The van der Waals surface area contributed by atoms with Crippen LogP contribution >= 0.6 is 11.8 Å². The first-order valence-electron chi connectivity index (χ1n) is 10.2. The molecule has 8 heteroatoms.